The van der Waals surface area contributed by atoms with Crippen LogP contribution in [-0.4, -0.2) is 37.0 Å². The third-order valence-corrected chi connectivity index (χ3v) is 4.62. The van der Waals surface area contributed by atoms with Gasteiger partial charge in [-0.3, -0.25) is 4.79 Å². The van der Waals surface area contributed by atoms with Crippen LogP contribution in [0.5, 0.6) is 5.75 Å². The van der Waals surface area contributed by atoms with E-state index in [2.05, 4.69) is 0 Å². The molecule has 27 heavy (non-hydrogen) atoms. The minimum absolute atomic E-state index is 0.233. The summed E-state index contributed by atoms with van der Waals surface area (Å²) in [4.78, 5) is 27.3. The number of carbonyl (C=O) groups excluding carboxylic acids is 2. The van der Waals surface area contributed by atoms with Crippen molar-refractivity contribution in [2.45, 2.75) is 25.4 Å². The first-order chi connectivity index (χ1) is 13.1. The fourth-order valence-corrected chi connectivity index (χ4v) is 3.13. The number of hydrogen-bond acceptors (Lipinski definition) is 4. The standard InChI is InChI=1S/C21H22FNO4/c1-26-16-10-11-17(18(22)14-16)21(25)27-19(15-8-4-2-5-9-15)20(24)23-12-6-3-7-13-23/h2,4-5,8-11,14,19H,3,6-7,12-13H2,1H3/t19-/m0/s1. The second-order valence-corrected chi connectivity index (χ2v) is 6.43. The molecule has 6 heteroatoms. The summed E-state index contributed by atoms with van der Waals surface area (Å²) < 4.78 is 24.6. The molecule has 1 fully saturated rings. The maximum Gasteiger partial charge on any atom is 0.342 e. The lowest BCUT2D eigenvalue weighted by molar-refractivity contribution is -0.142. The summed E-state index contributed by atoms with van der Waals surface area (Å²) in [6.45, 7) is 1.27. The molecule has 0 bridgehead atoms. The Morgan fingerprint density at radius 2 is 1.74 bits per heavy atom. The monoisotopic (exact) mass is 371 g/mol. The second kappa shape index (κ2) is 8.66. The van der Waals surface area contributed by atoms with Gasteiger partial charge in [-0.25, -0.2) is 9.18 Å². The van der Waals surface area contributed by atoms with Crippen molar-refractivity contribution in [3.63, 3.8) is 0 Å². The van der Waals surface area contributed by atoms with E-state index in [0.29, 0.717) is 24.4 Å². The molecule has 0 N–H and O–H groups in total. The van der Waals surface area contributed by atoms with Gasteiger partial charge in [0.25, 0.3) is 5.91 Å². The first-order valence-electron chi connectivity index (χ1n) is 8.98. The summed E-state index contributed by atoms with van der Waals surface area (Å²) in [6, 6.07) is 12.7. The summed E-state index contributed by atoms with van der Waals surface area (Å²) in [5, 5.41) is 0. The third-order valence-electron chi connectivity index (χ3n) is 4.62. The van der Waals surface area contributed by atoms with Gasteiger partial charge in [0, 0.05) is 24.7 Å². The molecule has 3 rings (SSSR count). The molecule has 0 spiro atoms. The van der Waals surface area contributed by atoms with E-state index in [1.807, 2.05) is 6.07 Å². The zero-order valence-corrected chi connectivity index (χ0v) is 15.2. The van der Waals surface area contributed by atoms with Crippen molar-refractivity contribution in [1.82, 2.24) is 4.90 Å². The van der Waals surface area contributed by atoms with Crippen molar-refractivity contribution in [3.05, 3.63) is 65.5 Å². The van der Waals surface area contributed by atoms with Gasteiger partial charge in [0.2, 0.25) is 6.10 Å². The van der Waals surface area contributed by atoms with E-state index < -0.39 is 17.9 Å². The highest BCUT2D eigenvalue weighted by Gasteiger charge is 2.31. The Kier molecular flexibility index (Phi) is 6.06. The molecule has 2 aromatic carbocycles. The number of likely N-dealkylation sites (tertiary alicyclic amines) is 1. The molecule has 1 aliphatic heterocycles. The number of nitrogens with zero attached hydrogens (tertiary/aromatic N) is 1. The number of halogens is 1. The van der Waals surface area contributed by atoms with E-state index in [9.17, 15) is 14.0 Å². The zero-order valence-electron chi connectivity index (χ0n) is 15.2. The predicted molar refractivity (Wildman–Crippen MR) is 98.0 cm³/mol. The Labute approximate surface area is 157 Å². The van der Waals surface area contributed by atoms with Gasteiger partial charge in [0.1, 0.15) is 11.6 Å². The average Bonchev–Trinajstić information content (AvgIpc) is 2.72. The maximum atomic E-state index is 14.2. The van der Waals surface area contributed by atoms with Gasteiger partial charge in [0.05, 0.1) is 12.7 Å². The molecule has 0 saturated carbocycles. The quantitative estimate of drug-likeness (QED) is 0.752. The Bertz CT molecular complexity index is 803. The first kappa shape index (κ1) is 18.9. The second-order valence-electron chi connectivity index (χ2n) is 6.43. The van der Waals surface area contributed by atoms with Crippen molar-refractivity contribution in [2.24, 2.45) is 0 Å². The van der Waals surface area contributed by atoms with E-state index in [4.69, 9.17) is 9.47 Å². The number of methoxy groups -OCH3 is 1. The van der Waals surface area contributed by atoms with Crippen LogP contribution in [0.1, 0.15) is 41.3 Å². The van der Waals surface area contributed by atoms with Crippen LogP contribution < -0.4 is 4.74 Å². The first-order valence-corrected chi connectivity index (χ1v) is 8.98. The van der Waals surface area contributed by atoms with E-state index in [1.165, 1.54) is 19.2 Å². The molecule has 142 valence electrons. The smallest absolute Gasteiger partial charge is 0.342 e. The molecule has 1 heterocycles. The van der Waals surface area contributed by atoms with Crippen LogP contribution in [0.15, 0.2) is 48.5 Å². The number of rotatable bonds is 5. The Hall–Kier alpha value is -2.89. The third kappa shape index (κ3) is 4.45. The number of piperidine rings is 1. The van der Waals surface area contributed by atoms with Crippen LogP contribution in [0.25, 0.3) is 0 Å². The Morgan fingerprint density at radius 1 is 1.04 bits per heavy atom. The highest BCUT2D eigenvalue weighted by molar-refractivity contribution is 5.93. The summed E-state index contributed by atoms with van der Waals surface area (Å²) in [5.74, 6) is -1.61. The molecule has 0 radical (unpaired) electrons. The van der Waals surface area contributed by atoms with Crippen molar-refractivity contribution >= 4 is 11.9 Å². The number of amides is 1. The van der Waals surface area contributed by atoms with Crippen LogP contribution in [0.2, 0.25) is 0 Å². The Morgan fingerprint density at radius 3 is 2.37 bits per heavy atom. The highest BCUT2D eigenvalue weighted by Crippen LogP contribution is 2.25. The van der Waals surface area contributed by atoms with Crippen LogP contribution in [0, 0.1) is 5.82 Å². The largest absolute Gasteiger partial charge is 0.497 e. The molecule has 1 atom stereocenters. The van der Waals surface area contributed by atoms with Crippen molar-refractivity contribution in [1.29, 1.82) is 0 Å². The molecule has 1 aliphatic rings. The fourth-order valence-electron chi connectivity index (χ4n) is 3.13. The minimum atomic E-state index is -1.10. The summed E-state index contributed by atoms with van der Waals surface area (Å²) in [5.41, 5.74) is 0.332. The van der Waals surface area contributed by atoms with Crippen LogP contribution >= 0.6 is 0 Å². The van der Waals surface area contributed by atoms with Crippen molar-refractivity contribution in [3.8, 4) is 5.75 Å². The van der Waals surface area contributed by atoms with E-state index in [0.717, 1.165) is 25.3 Å². The molecule has 1 amide bonds. The summed E-state index contributed by atoms with van der Waals surface area (Å²) in [7, 11) is 1.41. The molecule has 0 unspecified atom stereocenters. The molecule has 2 aromatic rings. The van der Waals surface area contributed by atoms with Crippen LogP contribution in [0.4, 0.5) is 4.39 Å². The lowest BCUT2D eigenvalue weighted by atomic mass is 10.1. The fraction of sp³-hybridized carbons (Fsp3) is 0.333. The Balaban J connectivity index is 1.85. The molecule has 0 aliphatic carbocycles. The van der Waals surface area contributed by atoms with Gasteiger partial charge in [-0.15, -0.1) is 0 Å². The number of benzene rings is 2. The average molecular weight is 371 g/mol. The van der Waals surface area contributed by atoms with E-state index >= 15 is 0 Å². The van der Waals surface area contributed by atoms with Gasteiger partial charge in [0.15, 0.2) is 0 Å². The summed E-state index contributed by atoms with van der Waals surface area (Å²) in [6.07, 6.45) is 1.83. The van der Waals surface area contributed by atoms with Gasteiger partial charge in [-0.05, 0) is 31.4 Å². The van der Waals surface area contributed by atoms with Crippen LogP contribution in [0.3, 0.4) is 0 Å². The number of esters is 1. The van der Waals surface area contributed by atoms with Crippen LogP contribution in [-0.2, 0) is 9.53 Å². The predicted octanol–water partition coefficient (Wildman–Crippen LogP) is 3.74. The van der Waals surface area contributed by atoms with Crippen molar-refractivity contribution in [2.75, 3.05) is 20.2 Å². The lowest BCUT2D eigenvalue weighted by Gasteiger charge is -2.30. The maximum absolute atomic E-state index is 14.2. The van der Waals surface area contributed by atoms with Gasteiger partial charge in [-0.1, -0.05) is 30.3 Å². The number of ether oxygens (including phenoxy) is 2. The van der Waals surface area contributed by atoms with Crippen molar-refractivity contribution < 1.29 is 23.5 Å². The molecule has 1 saturated heterocycles. The summed E-state index contributed by atoms with van der Waals surface area (Å²) >= 11 is 0. The molecular formula is C21H22FNO4. The van der Waals surface area contributed by atoms with Gasteiger partial charge >= 0.3 is 5.97 Å². The minimum Gasteiger partial charge on any atom is -0.497 e. The van der Waals surface area contributed by atoms with E-state index in [-0.39, 0.29) is 11.5 Å². The van der Waals surface area contributed by atoms with Gasteiger partial charge < -0.3 is 14.4 Å². The normalized spacial score (nSPS) is 15.1. The topological polar surface area (TPSA) is 55.8 Å². The lowest BCUT2D eigenvalue weighted by Crippen LogP contribution is -2.40. The highest BCUT2D eigenvalue weighted by atomic mass is 19.1. The zero-order chi connectivity index (χ0) is 19.2. The molecule has 5 nitrogen and oxygen atoms in total. The number of hydrogen-bond donors (Lipinski definition) is 0. The van der Waals surface area contributed by atoms with E-state index in [1.54, 1.807) is 29.2 Å². The number of carbonyl (C=O) groups is 2. The molecular weight excluding hydrogens is 349 g/mol. The van der Waals surface area contributed by atoms with Gasteiger partial charge in [-0.2, -0.15) is 0 Å². The SMILES string of the molecule is COc1ccc(C(=O)O[C@H](C(=O)N2CCCCC2)c2ccccc2)c(F)c1. The molecule has 0 aromatic heterocycles.